The van der Waals surface area contributed by atoms with Gasteiger partial charge in [0.2, 0.25) is 0 Å². The summed E-state index contributed by atoms with van der Waals surface area (Å²) in [4.78, 5) is 22.9. The van der Waals surface area contributed by atoms with Gasteiger partial charge in [0.15, 0.2) is 11.6 Å². The molecule has 0 aliphatic heterocycles. The SMILES string of the molecule is C/C(=N\c1c(C)cc(C)cc1C)c1ncnc(/C(C)=N/c2c(C)cc(C)cc2C)n1. The van der Waals surface area contributed by atoms with Crippen LogP contribution in [0.3, 0.4) is 0 Å². The minimum atomic E-state index is 0.561. The average molecular weight is 400 g/mol. The fourth-order valence-electron chi connectivity index (χ4n) is 3.78. The summed E-state index contributed by atoms with van der Waals surface area (Å²) in [5, 5.41) is 0. The largest absolute Gasteiger partial charge is 0.249 e. The van der Waals surface area contributed by atoms with Crippen LogP contribution in [0.15, 0.2) is 40.6 Å². The first-order chi connectivity index (χ1) is 14.2. The predicted molar refractivity (Wildman–Crippen MR) is 125 cm³/mol. The summed E-state index contributed by atoms with van der Waals surface area (Å²) in [5.74, 6) is 1.12. The molecule has 3 rings (SSSR count). The quantitative estimate of drug-likeness (QED) is 0.505. The third-order valence-electron chi connectivity index (χ3n) is 5.05. The Bertz CT molecular complexity index is 1040. The topological polar surface area (TPSA) is 63.4 Å². The van der Waals surface area contributed by atoms with Gasteiger partial charge in [-0.1, -0.05) is 35.4 Å². The maximum atomic E-state index is 4.82. The van der Waals surface area contributed by atoms with E-state index in [1.165, 1.54) is 17.5 Å². The Balaban J connectivity index is 1.99. The van der Waals surface area contributed by atoms with Gasteiger partial charge in [0.05, 0.1) is 22.8 Å². The van der Waals surface area contributed by atoms with E-state index in [4.69, 9.17) is 9.98 Å². The molecule has 154 valence electrons. The first kappa shape index (κ1) is 21.5. The van der Waals surface area contributed by atoms with E-state index in [-0.39, 0.29) is 0 Å². The summed E-state index contributed by atoms with van der Waals surface area (Å²) < 4.78 is 0. The van der Waals surface area contributed by atoms with Gasteiger partial charge in [-0.25, -0.2) is 24.9 Å². The van der Waals surface area contributed by atoms with Crippen molar-refractivity contribution in [3.8, 4) is 0 Å². The number of aromatic nitrogens is 3. The van der Waals surface area contributed by atoms with Crippen molar-refractivity contribution >= 4 is 22.8 Å². The lowest BCUT2D eigenvalue weighted by Crippen LogP contribution is -2.10. The highest BCUT2D eigenvalue weighted by molar-refractivity contribution is 6.00. The molecule has 30 heavy (non-hydrogen) atoms. The minimum Gasteiger partial charge on any atom is -0.249 e. The zero-order valence-electron chi connectivity index (χ0n) is 19.1. The number of nitrogens with zero attached hydrogens (tertiary/aromatic N) is 5. The molecule has 0 saturated carbocycles. The molecule has 0 bridgehead atoms. The van der Waals surface area contributed by atoms with Crippen LogP contribution in [0.2, 0.25) is 0 Å². The molecule has 0 radical (unpaired) electrons. The lowest BCUT2D eigenvalue weighted by atomic mass is 10.1. The maximum Gasteiger partial charge on any atom is 0.177 e. The average Bonchev–Trinajstić information content (AvgIpc) is 2.67. The molecule has 3 aromatic rings. The number of aryl methyl sites for hydroxylation is 6. The van der Waals surface area contributed by atoms with Crippen molar-refractivity contribution in [3.63, 3.8) is 0 Å². The second kappa shape index (κ2) is 8.66. The molecule has 0 atom stereocenters. The molecule has 0 spiro atoms. The maximum absolute atomic E-state index is 4.82. The number of benzene rings is 2. The number of rotatable bonds is 4. The van der Waals surface area contributed by atoms with Crippen molar-refractivity contribution in [2.24, 2.45) is 9.98 Å². The molecule has 5 heteroatoms. The molecule has 0 N–H and O–H groups in total. The zero-order chi connectivity index (χ0) is 22.0. The molecule has 0 fully saturated rings. The van der Waals surface area contributed by atoms with Gasteiger partial charge in [0, 0.05) is 0 Å². The highest BCUT2D eigenvalue weighted by atomic mass is 15.0. The Hall–Kier alpha value is -3.21. The van der Waals surface area contributed by atoms with Crippen LogP contribution in [0, 0.1) is 41.5 Å². The summed E-state index contributed by atoms with van der Waals surface area (Å²) in [6.45, 7) is 16.4. The molecule has 0 saturated heterocycles. The number of hydrogen-bond donors (Lipinski definition) is 0. The standard InChI is InChI=1S/C25H29N5/c1-14-9-16(3)22(17(4)10-14)28-20(7)24-26-13-27-25(30-24)21(8)29-23-18(5)11-15(2)12-19(23)6/h9-13H,1-8H3/b28-20+,29-21+. The summed E-state index contributed by atoms with van der Waals surface area (Å²) >= 11 is 0. The number of aliphatic imine (C=N–C) groups is 2. The van der Waals surface area contributed by atoms with Crippen molar-refractivity contribution in [2.75, 3.05) is 0 Å². The third-order valence-corrected chi connectivity index (χ3v) is 5.05. The van der Waals surface area contributed by atoms with E-state index < -0.39 is 0 Å². The molecule has 0 aliphatic carbocycles. The monoisotopic (exact) mass is 399 g/mol. The molecular formula is C25H29N5. The van der Waals surface area contributed by atoms with E-state index in [0.29, 0.717) is 11.6 Å². The van der Waals surface area contributed by atoms with Crippen molar-refractivity contribution in [1.29, 1.82) is 0 Å². The van der Waals surface area contributed by atoms with E-state index in [0.717, 1.165) is 45.1 Å². The molecule has 1 heterocycles. The first-order valence-corrected chi connectivity index (χ1v) is 10.1. The highest BCUT2D eigenvalue weighted by Gasteiger charge is 2.11. The van der Waals surface area contributed by atoms with E-state index in [2.05, 4.69) is 80.8 Å². The van der Waals surface area contributed by atoms with Crippen molar-refractivity contribution in [3.05, 3.63) is 75.6 Å². The van der Waals surface area contributed by atoms with Crippen LogP contribution in [0.25, 0.3) is 0 Å². The molecular weight excluding hydrogens is 370 g/mol. The van der Waals surface area contributed by atoms with Crippen LogP contribution in [0.1, 0.15) is 58.9 Å². The lowest BCUT2D eigenvalue weighted by Gasteiger charge is -2.09. The molecule has 5 nitrogen and oxygen atoms in total. The van der Waals surface area contributed by atoms with Crippen molar-refractivity contribution < 1.29 is 0 Å². The van der Waals surface area contributed by atoms with Crippen LogP contribution < -0.4 is 0 Å². The normalized spacial score (nSPS) is 12.4. The summed E-state index contributed by atoms with van der Waals surface area (Å²) in [6.07, 6.45) is 1.53. The number of hydrogen-bond acceptors (Lipinski definition) is 5. The van der Waals surface area contributed by atoms with Crippen LogP contribution in [0.4, 0.5) is 11.4 Å². The van der Waals surface area contributed by atoms with E-state index in [1.54, 1.807) is 0 Å². The minimum absolute atomic E-state index is 0.561. The van der Waals surface area contributed by atoms with Crippen molar-refractivity contribution in [2.45, 2.75) is 55.4 Å². The van der Waals surface area contributed by atoms with Gasteiger partial charge < -0.3 is 0 Å². The third kappa shape index (κ3) is 4.67. The van der Waals surface area contributed by atoms with Gasteiger partial charge in [0.25, 0.3) is 0 Å². The summed E-state index contributed by atoms with van der Waals surface area (Å²) in [7, 11) is 0. The lowest BCUT2D eigenvalue weighted by molar-refractivity contribution is 1.000. The van der Waals surface area contributed by atoms with Crippen LogP contribution >= 0.6 is 0 Å². The van der Waals surface area contributed by atoms with Gasteiger partial charge in [-0.15, -0.1) is 0 Å². The second-order valence-electron chi connectivity index (χ2n) is 8.02. The highest BCUT2D eigenvalue weighted by Crippen LogP contribution is 2.27. The second-order valence-corrected chi connectivity index (χ2v) is 8.02. The van der Waals surface area contributed by atoms with Gasteiger partial charge in [0.1, 0.15) is 6.33 Å². The fourth-order valence-corrected chi connectivity index (χ4v) is 3.78. The van der Waals surface area contributed by atoms with E-state index in [9.17, 15) is 0 Å². The summed E-state index contributed by atoms with van der Waals surface area (Å²) in [6, 6.07) is 8.56. The Morgan fingerprint density at radius 1 is 0.600 bits per heavy atom. The fraction of sp³-hybridized carbons (Fsp3) is 0.320. The van der Waals surface area contributed by atoms with Crippen LogP contribution in [0.5, 0.6) is 0 Å². The molecule has 2 aromatic carbocycles. The van der Waals surface area contributed by atoms with E-state index in [1.807, 2.05) is 13.8 Å². The van der Waals surface area contributed by atoms with Gasteiger partial charge in [-0.3, -0.25) is 0 Å². The Morgan fingerprint density at radius 3 is 1.27 bits per heavy atom. The van der Waals surface area contributed by atoms with Crippen LogP contribution in [-0.4, -0.2) is 26.4 Å². The van der Waals surface area contributed by atoms with Gasteiger partial charge in [-0.05, 0) is 77.6 Å². The predicted octanol–water partition coefficient (Wildman–Crippen LogP) is 6.00. The zero-order valence-corrected chi connectivity index (χ0v) is 19.1. The first-order valence-electron chi connectivity index (χ1n) is 10.1. The Morgan fingerprint density at radius 2 is 0.933 bits per heavy atom. The van der Waals surface area contributed by atoms with Crippen LogP contribution in [-0.2, 0) is 0 Å². The molecule has 1 aromatic heterocycles. The van der Waals surface area contributed by atoms with Crippen molar-refractivity contribution in [1.82, 2.24) is 15.0 Å². The smallest absolute Gasteiger partial charge is 0.177 e. The molecule has 0 unspecified atom stereocenters. The Labute approximate surface area is 179 Å². The van der Waals surface area contributed by atoms with E-state index >= 15 is 0 Å². The molecule has 0 amide bonds. The summed E-state index contributed by atoms with van der Waals surface area (Å²) in [5.41, 5.74) is 10.5. The molecule has 0 aliphatic rings. The Kier molecular flexibility index (Phi) is 6.20. The van der Waals surface area contributed by atoms with Gasteiger partial charge in [-0.2, -0.15) is 0 Å². The van der Waals surface area contributed by atoms with Gasteiger partial charge >= 0.3 is 0 Å².